The highest BCUT2D eigenvalue weighted by Crippen LogP contribution is 2.27. The van der Waals surface area contributed by atoms with Gasteiger partial charge in [0, 0.05) is 12.0 Å². The minimum atomic E-state index is -0.884. The fourth-order valence-corrected chi connectivity index (χ4v) is 2.14. The van der Waals surface area contributed by atoms with Crippen molar-refractivity contribution in [1.82, 2.24) is 10.1 Å². The van der Waals surface area contributed by atoms with Crippen LogP contribution in [0, 0.1) is 11.2 Å². The van der Waals surface area contributed by atoms with Crippen LogP contribution in [0.25, 0.3) is 11.4 Å². The Morgan fingerprint density at radius 2 is 2.19 bits per heavy atom. The maximum absolute atomic E-state index is 13.1. The van der Waals surface area contributed by atoms with Gasteiger partial charge in [-0.1, -0.05) is 30.6 Å². The number of aromatic nitrogens is 2. The average molecular weight is 313 g/mol. The van der Waals surface area contributed by atoms with Gasteiger partial charge in [0.15, 0.2) is 0 Å². The summed E-state index contributed by atoms with van der Waals surface area (Å²) in [5.41, 5.74) is 0.0308. The van der Waals surface area contributed by atoms with E-state index in [1.807, 2.05) is 0 Å². The number of aliphatic carboxylic acids is 1. The number of benzene rings is 1. The largest absolute Gasteiger partial charge is 0.481 e. The van der Waals surface area contributed by atoms with Gasteiger partial charge in [-0.05, 0) is 23.6 Å². The summed E-state index contributed by atoms with van der Waals surface area (Å²) in [6, 6.07) is 4.13. The van der Waals surface area contributed by atoms with E-state index in [-0.39, 0.29) is 17.3 Å². The van der Waals surface area contributed by atoms with Gasteiger partial charge in [0.25, 0.3) is 0 Å². The van der Waals surface area contributed by atoms with Gasteiger partial charge in [0.1, 0.15) is 5.82 Å². The maximum Gasteiger partial charge on any atom is 0.303 e. The monoisotopic (exact) mass is 312 g/mol. The fraction of sp³-hybridized carbons (Fsp3) is 0.357. The Labute approximate surface area is 125 Å². The number of rotatable bonds is 5. The molecule has 7 heteroatoms. The molecule has 0 aliphatic heterocycles. The van der Waals surface area contributed by atoms with Crippen LogP contribution in [-0.4, -0.2) is 21.2 Å². The van der Waals surface area contributed by atoms with Crippen LogP contribution >= 0.6 is 11.6 Å². The van der Waals surface area contributed by atoms with Gasteiger partial charge in [-0.15, -0.1) is 0 Å². The molecular weight excluding hydrogens is 299 g/mol. The van der Waals surface area contributed by atoms with Gasteiger partial charge in [0.05, 0.1) is 11.4 Å². The molecule has 1 heterocycles. The zero-order valence-electron chi connectivity index (χ0n) is 11.6. The number of halogens is 2. The van der Waals surface area contributed by atoms with E-state index in [2.05, 4.69) is 10.1 Å². The maximum atomic E-state index is 13.1. The van der Waals surface area contributed by atoms with E-state index in [1.165, 1.54) is 18.2 Å². The molecule has 0 unspecified atom stereocenters. The molecule has 0 saturated heterocycles. The molecule has 0 radical (unpaired) electrons. The third-order valence-corrected chi connectivity index (χ3v) is 3.20. The lowest BCUT2D eigenvalue weighted by atomic mass is 9.86. The minimum Gasteiger partial charge on any atom is -0.481 e. The molecule has 0 spiro atoms. The third kappa shape index (κ3) is 4.01. The van der Waals surface area contributed by atoms with Gasteiger partial charge >= 0.3 is 5.97 Å². The van der Waals surface area contributed by atoms with Gasteiger partial charge in [-0.2, -0.15) is 4.98 Å². The first-order valence-electron chi connectivity index (χ1n) is 6.27. The third-order valence-electron chi connectivity index (χ3n) is 2.91. The van der Waals surface area contributed by atoms with E-state index in [9.17, 15) is 9.18 Å². The Hall–Kier alpha value is -1.95. The normalized spacial score (nSPS) is 11.6. The van der Waals surface area contributed by atoms with E-state index in [0.717, 1.165) is 0 Å². The first-order valence-corrected chi connectivity index (χ1v) is 6.64. The topological polar surface area (TPSA) is 76.2 Å². The van der Waals surface area contributed by atoms with Crippen molar-refractivity contribution in [3.05, 3.63) is 34.9 Å². The molecule has 2 rings (SSSR count). The van der Waals surface area contributed by atoms with E-state index in [4.69, 9.17) is 21.2 Å². The summed E-state index contributed by atoms with van der Waals surface area (Å²) in [5.74, 6) is -0.786. The summed E-state index contributed by atoms with van der Waals surface area (Å²) < 4.78 is 18.2. The Morgan fingerprint density at radius 3 is 2.81 bits per heavy atom. The fourth-order valence-electron chi connectivity index (χ4n) is 1.96. The Bertz CT molecular complexity index is 670. The second-order valence-electron chi connectivity index (χ2n) is 5.55. The lowest BCUT2D eigenvalue weighted by Gasteiger charge is -2.19. The first-order chi connectivity index (χ1) is 9.77. The van der Waals surface area contributed by atoms with Crippen molar-refractivity contribution in [1.29, 1.82) is 0 Å². The van der Waals surface area contributed by atoms with Crippen molar-refractivity contribution in [2.75, 3.05) is 0 Å². The van der Waals surface area contributed by atoms with Crippen molar-refractivity contribution >= 4 is 17.6 Å². The quantitative estimate of drug-likeness (QED) is 0.913. The summed E-state index contributed by atoms with van der Waals surface area (Å²) in [5, 5.41) is 12.6. The Kier molecular flexibility index (Phi) is 4.27. The number of hydrogen-bond acceptors (Lipinski definition) is 4. The number of hydrogen-bond donors (Lipinski definition) is 1. The molecule has 5 nitrogen and oxygen atoms in total. The lowest BCUT2D eigenvalue weighted by Crippen LogP contribution is -2.19. The summed E-state index contributed by atoms with van der Waals surface area (Å²) in [4.78, 5) is 15.0. The zero-order valence-corrected chi connectivity index (χ0v) is 12.3. The second-order valence-corrected chi connectivity index (χ2v) is 5.96. The number of nitrogens with zero attached hydrogens (tertiary/aromatic N) is 2. The van der Waals surface area contributed by atoms with Gasteiger partial charge in [-0.3, -0.25) is 4.79 Å². The molecule has 0 saturated carbocycles. The molecular formula is C14H14ClFN2O3. The standard InChI is InChI=1S/C14H14ClFN2O3/c1-14(2,7-12(19)20)6-11-17-13(18-21-11)8-3-4-10(16)9(15)5-8/h3-5H,6-7H2,1-2H3,(H,19,20). The van der Waals surface area contributed by atoms with Gasteiger partial charge in [0.2, 0.25) is 11.7 Å². The van der Waals surface area contributed by atoms with E-state index in [0.29, 0.717) is 17.9 Å². The number of carboxylic acid groups (broad SMARTS) is 1. The molecule has 1 N–H and O–H groups in total. The lowest BCUT2D eigenvalue weighted by molar-refractivity contribution is -0.139. The highest BCUT2D eigenvalue weighted by molar-refractivity contribution is 6.31. The number of carboxylic acids is 1. The van der Waals surface area contributed by atoms with Crippen molar-refractivity contribution in [3.8, 4) is 11.4 Å². The van der Waals surface area contributed by atoms with Crippen molar-refractivity contribution in [3.63, 3.8) is 0 Å². The molecule has 0 amide bonds. The molecule has 0 bridgehead atoms. The summed E-state index contributed by atoms with van der Waals surface area (Å²) in [7, 11) is 0. The molecule has 0 atom stereocenters. The zero-order chi connectivity index (χ0) is 15.6. The average Bonchev–Trinajstić information content (AvgIpc) is 2.78. The Balaban J connectivity index is 2.18. The van der Waals surface area contributed by atoms with Crippen LogP contribution < -0.4 is 0 Å². The number of carbonyl (C=O) groups is 1. The Morgan fingerprint density at radius 1 is 1.48 bits per heavy atom. The first kappa shape index (κ1) is 15.4. The highest BCUT2D eigenvalue weighted by Gasteiger charge is 2.25. The molecule has 21 heavy (non-hydrogen) atoms. The predicted molar refractivity (Wildman–Crippen MR) is 74.4 cm³/mol. The summed E-state index contributed by atoms with van der Waals surface area (Å²) in [6.07, 6.45) is 0.328. The highest BCUT2D eigenvalue weighted by atomic mass is 35.5. The molecule has 1 aromatic carbocycles. The molecule has 1 aromatic heterocycles. The molecule has 112 valence electrons. The van der Waals surface area contributed by atoms with Crippen molar-refractivity contribution in [2.24, 2.45) is 5.41 Å². The van der Waals surface area contributed by atoms with Gasteiger partial charge < -0.3 is 9.63 Å². The van der Waals surface area contributed by atoms with E-state index in [1.54, 1.807) is 13.8 Å². The molecule has 0 fully saturated rings. The van der Waals surface area contributed by atoms with E-state index >= 15 is 0 Å². The van der Waals surface area contributed by atoms with Crippen molar-refractivity contribution < 1.29 is 18.8 Å². The minimum absolute atomic E-state index is 0.00686. The van der Waals surface area contributed by atoms with Crippen LogP contribution in [0.15, 0.2) is 22.7 Å². The smallest absolute Gasteiger partial charge is 0.303 e. The van der Waals surface area contributed by atoms with Crippen LogP contribution in [0.2, 0.25) is 5.02 Å². The van der Waals surface area contributed by atoms with Crippen LogP contribution in [0.3, 0.4) is 0 Å². The van der Waals surface area contributed by atoms with Crippen LogP contribution in [0.4, 0.5) is 4.39 Å². The summed E-state index contributed by atoms with van der Waals surface area (Å²) >= 11 is 5.71. The summed E-state index contributed by atoms with van der Waals surface area (Å²) in [6.45, 7) is 3.61. The van der Waals surface area contributed by atoms with E-state index < -0.39 is 17.2 Å². The van der Waals surface area contributed by atoms with Crippen LogP contribution in [0.5, 0.6) is 0 Å². The molecule has 0 aliphatic carbocycles. The SMILES string of the molecule is CC(C)(CC(=O)O)Cc1nc(-c2ccc(F)c(Cl)c2)no1. The van der Waals surface area contributed by atoms with Crippen LogP contribution in [-0.2, 0) is 11.2 Å². The van der Waals surface area contributed by atoms with Crippen LogP contribution in [0.1, 0.15) is 26.2 Å². The second kappa shape index (κ2) is 5.81. The van der Waals surface area contributed by atoms with Crippen molar-refractivity contribution in [2.45, 2.75) is 26.7 Å². The molecule has 0 aliphatic rings. The molecule has 2 aromatic rings. The van der Waals surface area contributed by atoms with Gasteiger partial charge in [-0.25, -0.2) is 4.39 Å². The predicted octanol–water partition coefficient (Wildman–Crippen LogP) is 3.57.